The van der Waals surface area contributed by atoms with Crippen molar-refractivity contribution in [2.75, 3.05) is 12.8 Å². The van der Waals surface area contributed by atoms with Crippen molar-refractivity contribution in [1.29, 1.82) is 0 Å². The summed E-state index contributed by atoms with van der Waals surface area (Å²) in [4.78, 5) is 0. The summed E-state index contributed by atoms with van der Waals surface area (Å²) < 4.78 is 5.44. The second-order valence-corrected chi connectivity index (χ2v) is 4.95. The van der Waals surface area contributed by atoms with Crippen molar-refractivity contribution in [3.8, 4) is 16.9 Å². The number of aryl methyl sites for hydroxylation is 1. The molecule has 0 heterocycles. The zero-order chi connectivity index (χ0) is 14.1. The van der Waals surface area contributed by atoms with Gasteiger partial charge in [0.15, 0.2) is 0 Å². The van der Waals surface area contributed by atoms with Gasteiger partial charge in [-0.2, -0.15) is 0 Å². The minimum absolute atomic E-state index is 0.797. The highest BCUT2D eigenvalue weighted by Gasteiger charge is 2.10. The van der Waals surface area contributed by atoms with E-state index in [0.29, 0.717) is 0 Å². The third kappa shape index (κ3) is 1.99. The fourth-order valence-corrected chi connectivity index (χ4v) is 2.59. The number of fused-ring (bicyclic) bond motifs is 1. The van der Waals surface area contributed by atoms with E-state index in [4.69, 9.17) is 10.5 Å². The zero-order valence-corrected chi connectivity index (χ0v) is 11.7. The van der Waals surface area contributed by atoms with Crippen LogP contribution >= 0.6 is 0 Å². The fourth-order valence-electron chi connectivity index (χ4n) is 2.59. The van der Waals surface area contributed by atoms with E-state index in [2.05, 4.69) is 31.2 Å². The first kappa shape index (κ1) is 12.5. The molecule has 2 nitrogen and oxygen atoms in total. The molecule has 0 spiro atoms. The summed E-state index contributed by atoms with van der Waals surface area (Å²) in [5, 5.41) is 2.26. The molecule has 0 unspecified atom stereocenters. The molecule has 0 amide bonds. The topological polar surface area (TPSA) is 35.2 Å². The van der Waals surface area contributed by atoms with Crippen molar-refractivity contribution >= 4 is 16.5 Å². The average Bonchev–Trinajstić information content (AvgIpc) is 2.49. The number of anilines is 1. The van der Waals surface area contributed by atoms with E-state index in [0.717, 1.165) is 33.3 Å². The summed E-state index contributed by atoms with van der Waals surface area (Å²) in [6.07, 6.45) is 0. The number of methoxy groups -OCH3 is 1. The molecule has 20 heavy (non-hydrogen) atoms. The Bertz CT molecular complexity index is 777. The molecular weight excluding hydrogens is 246 g/mol. The maximum atomic E-state index is 6.15. The second-order valence-electron chi connectivity index (χ2n) is 4.95. The molecule has 0 saturated heterocycles. The number of hydrogen-bond acceptors (Lipinski definition) is 2. The first-order valence-electron chi connectivity index (χ1n) is 6.63. The zero-order valence-electron chi connectivity index (χ0n) is 11.7. The lowest BCUT2D eigenvalue weighted by Crippen LogP contribution is -1.93. The molecular formula is C18H17NO. The maximum absolute atomic E-state index is 6.15. The summed E-state index contributed by atoms with van der Waals surface area (Å²) in [6.45, 7) is 2.08. The maximum Gasteiger partial charge on any atom is 0.126 e. The molecule has 3 aromatic rings. The molecule has 0 aliphatic heterocycles. The quantitative estimate of drug-likeness (QED) is 0.695. The van der Waals surface area contributed by atoms with Gasteiger partial charge in [0.25, 0.3) is 0 Å². The molecule has 2 heteroatoms. The van der Waals surface area contributed by atoms with Gasteiger partial charge in [0.05, 0.1) is 7.11 Å². The molecule has 100 valence electrons. The molecule has 3 aromatic carbocycles. The Hall–Kier alpha value is -2.48. The first-order valence-corrected chi connectivity index (χ1v) is 6.63. The Labute approximate surface area is 118 Å². The van der Waals surface area contributed by atoms with E-state index >= 15 is 0 Å². The minimum Gasteiger partial charge on any atom is -0.496 e. The smallest absolute Gasteiger partial charge is 0.126 e. The number of benzene rings is 3. The molecule has 2 N–H and O–H groups in total. The second kappa shape index (κ2) is 4.89. The lowest BCUT2D eigenvalue weighted by atomic mass is 9.95. The summed E-state index contributed by atoms with van der Waals surface area (Å²) in [5.41, 5.74) is 10.4. The largest absolute Gasteiger partial charge is 0.496 e. The van der Waals surface area contributed by atoms with Crippen LogP contribution in [0.5, 0.6) is 5.75 Å². The third-order valence-corrected chi connectivity index (χ3v) is 3.60. The lowest BCUT2D eigenvalue weighted by Gasteiger charge is -2.13. The summed E-state index contributed by atoms with van der Waals surface area (Å²) >= 11 is 0. The van der Waals surface area contributed by atoms with E-state index in [1.54, 1.807) is 7.11 Å². The molecule has 0 bridgehead atoms. The summed E-state index contributed by atoms with van der Waals surface area (Å²) in [5.74, 6) is 0.885. The van der Waals surface area contributed by atoms with Crippen molar-refractivity contribution in [3.63, 3.8) is 0 Å². The number of hydrogen-bond donors (Lipinski definition) is 1. The van der Waals surface area contributed by atoms with Crippen LogP contribution in [0.15, 0.2) is 54.6 Å². The average molecular weight is 263 g/mol. The summed E-state index contributed by atoms with van der Waals surface area (Å²) in [7, 11) is 1.70. The summed E-state index contributed by atoms with van der Waals surface area (Å²) in [6, 6.07) is 18.4. The molecule has 0 aliphatic carbocycles. The lowest BCUT2D eigenvalue weighted by molar-refractivity contribution is 0.420. The SMILES string of the molecule is COc1ccc(-c2cc(C)ccc2N)c2ccccc12. The molecule has 0 aliphatic rings. The molecule has 0 saturated carbocycles. The van der Waals surface area contributed by atoms with Crippen LogP contribution in [-0.4, -0.2) is 7.11 Å². The highest BCUT2D eigenvalue weighted by atomic mass is 16.5. The van der Waals surface area contributed by atoms with Gasteiger partial charge >= 0.3 is 0 Å². The number of nitrogen functional groups attached to an aromatic ring is 1. The van der Waals surface area contributed by atoms with E-state index in [9.17, 15) is 0 Å². The van der Waals surface area contributed by atoms with Gasteiger partial charge in [-0.25, -0.2) is 0 Å². The van der Waals surface area contributed by atoms with Crippen LogP contribution < -0.4 is 10.5 Å². The monoisotopic (exact) mass is 263 g/mol. The van der Waals surface area contributed by atoms with Gasteiger partial charge in [0, 0.05) is 16.6 Å². The van der Waals surface area contributed by atoms with E-state index in [1.165, 1.54) is 5.56 Å². The molecule has 0 aromatic heterocycles. The van der Waals surface area contributed by atoms with Crippen molar-refractivity contribution in [2.45, 2.75) is 6.92 Å². The predicted molar refractivity (Wildman–Crippen MR) is 85.1 cm³/mol. The van der Waals surface area contributed by atoms with E-state index < -0.39 is 0 Å². The normalized spacial score (nSPS) is 10.7. The van der Waals surface area contributed by atoms with Crippen LogP contribution in [-0.2, 0) is 0 Å². The first-order chi connectivity index (χ1) is 9.70. The van der Waals surface area contributed by atoms with Gasteiger partial charge in [-0.1, -0.05) is 35.9 Å². The van der Waals surface area contributed by atoms with Crippen molar-refractivity contribution in [3.05, 3.63) is 60.2 Å². The molecule has 3 rings (SSSR count). The highest BCUT2D eigenvalue weighted by molar-refractivity contribution is 6.02. The van der Waals surface area contributed by atoms with Gasteiger partial charge in [0.1, 0.15) is 5.75 Å². The number of rotatable bonds is 2. The van der Waals surface area contributed by atoms with Crippen LogP contribution in [0.2, 0.25) is 0 Å². The Morgan fingerprint density at radius 2 is 1.60 bits per heavy atom. The number of nitrogens with two attached hydrogens (primary N) is 1. The Kier molecular flexibility index (Phi) is 3.07. The Balaban J connectivity index is 2.35. The van der Waals surface area contributed by atoms with E-state index in [1.807, 2.05) is 30.3 Å². The molecule has 0 atom stereocenters. The Morgan fingerprint density at radius 1 is 0.850 bits per heavy atom. The Morgan fingerprint density at radius 3 is 2.35 bits per heavy atom. The fraction of sp³-hybridized carbons (Fsp3) is 0.111. The highest BCUT2D eigenvalue weighted by Crippen LogP contribution is 2.36. The van der Waals surface area contributed by atoms with Crippen molar-refractivity contribution in [2.24, 2.45) is 0 Å². The predicted octanol–water partition coefficient (Wildman–Crippen LogP) is 4.41. The van der Waals surface area contributed by atoms with Crippen molar-refractivity contribution in [1.82, 2.24) is 0 Å². The third-order valence-electron chi connectivity index (χ3n) is 3.60. The van der Waals surface area contributed by atoms with Gasteiger partial charge in [-0.05, 0) is 42.1 Å². The van der Waals surface area contributed by atoms with Gasteiger partial charge in [-0.15, -0.1) is 0 Å². The number of ether oxygens (including phenoxy) is 1. The van der Waals surface area contributed by atoms with Crippen LogP contribution in [0.25, 0.3) is 21.9 Å². The van der Waals surface area contributed by atoms with Crippen LogP contribution in [0.1, 0.15) is 5.56 Å². The van der Waals surface area contributed by atoms with Crippen LogP contribution in [0.4, 0.5) is 5.69 Å². The van der Waals surface area contributed by atoms with Gasteiger partial charge < -0.3 is 10.5 Å². The van der Waals surface area contributed by atoms with Gasteiger partial charge in [-0.3, -0.25) is 0 Å². The van der Waals surface area contributed by atoms with Crippen LogP contribution in [0, 0.1) is 6.92 Å². The van der Waals surface area contributed by atoms with Crippen LogP contribution in [0.3, 0.4) is 0 Å². The van der Waals surface area contributed by atoms with E-state index in [-0.39, 0.29) is 0 Å². The molecule has 0 fully saturated rings. The van der Waals surface area contributed by atoms with Crippen molar-refractivity contribution < 1.29 is 4.74 Å². The standard InChI is InChI=1S/C18H17NO/c1-12-7-9-17(19)16(11-12)14-8-10-18(20-2)15-6-4-3-5-13(14)15/h3-11H,19H2,1-2H3. The molecule has 0 radical (unpaired) electrons. The minimum atomic E-state index is 0.797. The van der Waals surface area contributed by atoms with Gasteiger partial charge in [0.2, 0.25) is 0 Å².